The third-order valence-corrected chi connectivity index (χ3v) is 0. The van der Waals surface area contributed by atoms with Crippen LogP contribution >= 0.6 is 0 Å². The molecule has 0 aromatic heterocycles. The zero-order valence-corrected chi connectivity index (χ0v) is 10.2. The van der Waals surface area contributed by atoms with Crippen LogP contribution in [-0.2, 0) is 4.46 Å². The first kappa shape index (κ1) is 32.0. The largest absolute Gasteiger partial charge is 1.00 e. The second-order valence-corrected chi connectivity index (χ2v) is 0.750. The van der Waals surface area contributed by atoms with Gasteiger partial charge in [0.25, 0.3) is 0 Å². The van der Waals surface area contributed by atoms with Gasteiger partial charge >= 0.3 is 78.0 Å². The Morgan fingerprint density at radius 1 is 1.12 bits per heavy atom. The van der Waals surface area contributed by atoms with Gasteiger partial charge in [0.1, 0.15) is 0 Å². The first-order chi connectivity index (χ1) is 1.73. The Labute approximate surface area is 105 Å². The van der Waals surface area contributed by atoms with Crippen molar-refractivity contribution in [1.82, 2.24) is 0 Å². The summed E-state index contributed by atoms with van der Waals surface area (Å²) in [4.78, 5) is 17.0. The first-order valence-electron chi connectivity index (χ1n) is 0.612. The van der Waals surface area contributed by atoms with Crippen molar-refractivity contribution in [3.63, 3.8) is 0 Å². The molecule has 0 saturated heterocycles. The molecular weight excluding hydrogens is 145 g/mol. The molecule has 0 aromatic rings. The molecule has 0 rings (SSSR count). The van der Waals surface area contributed by atoms with Gasteiger partial charge in [0.2, 0.25) is 0 Å². The van der Waals surface area contributed by atoms with Gasteiger partial charge in [0.15, 0.2) is 0 Å². The molecule has 4 nitrogen and oxygen atoms in total. The Hall–Kier alpha value is 2.17. The molecule has 0 radical (unpaired) electrons. The van der Waals surface area contributed by atoms with Crippen molar-refractivity contribution in [3.05, 3.63) is 0 Å². The minimum atomic E-state index is -3.63. The predicted molar refractivity (Wildman–Crippen MR) is 8.38 cm³/mol. The molecule has 0 aliphatic heterocycles. The van der Waals surface area contributed by atoms with Crippen molar-refractivity contribution in [2.24, 2.45) is 0 Å². The van der Waals surface area contributed by atoms with E-state index in [2.05, 4.69) is 0 Å². The monoisotopic (exact) mass is 146 g/mol. The van der Waals surface area contributed by atoms with Gasteiger partial charge < -0.3 is 19.5 Å². The van der Waals surface area contributed by atoms with Crippen LogP contribution in [0.25, 0.3) is 0 Å². The molecule has 0 aromatic carbocycles. The Balaban J connectivity index is -0.00000000750. The van der Waals surface area contributed by atoms with Crippen molar-refractivity contribution >= 4 is 9.17 Å². The predicted octanol–water partition coefficient (Wildman–Crippen LogP) is -12.0. The van der Waals surface area contributed by atoms with Crippen LogP contribution in [-0.4, -0.2) is 14.6 Å². The molecule has 8 heavy (non-hydrogen) atoms. The molecule has 0 atom stereocenters. The number of hydrogen-bond donors (Lipinski definition) is 0. The summed E-state index contributed by atoms with van der Waals surface area (Å²) in [6.07, 6.45) is 0. The summed E-state index contributed by atoms with van der Waals surface area (Å²) < 4.78 is 8.52. The SMILES string of the molecule is O=[Si]([O-])[O-].[Li+].[Na+].[Na+].[OH-]. The third-order valence-electron chi connectivity index (χ3n) is 0. The van der Waals surface area contributed by atoms with Crippen molar-refractivity contribution < 1.29 is 97.5 Å². The van der Waals surface area contributed by atoms with E-state index < -0.39 is 9.17 Å². The summed E-state index contributed by atoms with van der Waals surface area (Å²) in [5.41, 5.74) is 0. The molecule has 0 heterocycles. The van der Waals surface area contributed by atoms with Gasteiger partial charge in [0, 0.05) is 9.17 Å². The molecule has 1 N–H and O–H groups in total. The Morgan fingerprint density at radius 3 is 1.12 bits per heavy atom. The summed E-state index contributed by atoms with van der Waals surface area (Å²) in [7, 11) is -3.63. The Bertz CT molecular complexity index is 37.0. The van der Waals surface area contributed by atoms with Crippen LogP contribution in [0.5, 0.6) is 0 Å². The van der Waals surface area contributed by atoms with E-state index in [4.69, 9.17) is 14.1 Å². The third kappa shape index (κ3) is 89.0. The van der Waals surface area contributed by atoms with E-state index in [-0.39, 0.29) is 83.5 Å². The van der Waals surface area contributed by atoms with E-state index in [1.807, 2.05) is 0 Å². The van der Waals surface area contributed by atoms with Crippen LogP contribution < -0.4 is 87.6 Å². The molecular formula is HLiNa2O4Si. The van der Waals surface area contributed by atoms with Gasteiger partial charge in [-0.15, -0.1) is 0 Å². The minimum absolute atomic E-state index is 0. The van der Waals surface area contributed by atoms with Gasteiger partial charge in [-0.1, -0.05) is 0 Å². The van der Waals surface area contributed by atoms with E-state index >= 15 is 0 Å². The maximum atomic E-state index is 8.52. The molecule has 0 amide bonds. The van der Waals surface area contributed by atoms with Crippen LogP contribution in [0.2, 0.25) is 0 Å². The number of rotatable bonds is 0. The molecule has 0 aliphatic rings. The van der Waals surface area contributed by atoms with Crippen molar-refractivity contribution in [1.29, 1.82) is 0 Å². The average Bonchev–Trinajstić information content (AvgIpc) is 0.811. The first-order valence-corrected chi connectivity index (χ1v) is 1.84. The minimum Gasteiger partial charge on any atom is -0.870 e. The van der Waals surface area contributed by atoms with Crippen LogP contribution in [0.4, 0.5) is 0 Å². The van der Waals surface area contributed by atoms with Crippen molar-refractivity contribution in [2.45, 2.75) is 0 Å². The summed E-state index contributed by atoms with van der Waals surface area (Å²) in [5.74, 6) is 0. The van der Waals surface area contributed by atoms with E-state index in [1.54, 1.807) is 0 Å². The summed E-state index contributed by atoms with van der Waals surface area (Å²) in [6.45, 7) is 0. The standard InChI is InChI=1S/Li.2Na.O3Si.H2O/c;;;1-4(2)3;/h;;;;1H2/q3*+1;-2;/p-1. The fourth-order valence-corrected chi connectivity index (χ4v) is 0. The molecule has 0 fully saturated rings. The molecule has 32 valence electrons. The maximum absolute atomic E-state index is 8.52. The van der Waals surface area contributed by atoms with Crippen molar-refractivity contribution in [2.75, 3.05) is 0 Å². The van der Waals surface area contributed by atoms with Crippen molar-refractivity contribution in [3.8, 4) is 0 Å². The molecule has 0 unspecified atom stereocenters. The normalized spacial score (nSPS) is 3.00. The quantitative estimate of drug-likeness (QED) is 0.317. The van der Waals surface area contributed by atoms with E-state index in [9.17, 15) is 0 Å². The summed E-state index contributed by atoms with van der Waals surface area (Å²) in [5, 5.41) is 0. The smallest absolute Gasteiger partial charge is 0.870 e. The number of hydrogen-bond acceptors (Lipinski definition) is 4. The molecule has 0 saturated carbocycles. The van der Waals surface area contributed by atoms with Gasteiger partial charge in [0.05, 0.1) is 0 Å². The zero-order chi connectivity index (χ0) is 3.58. The van der Waals surface area contributed by atoms with Gasteiger partial charge in [-0.3, -0.25) is 0 Å². The van der Waals surface area contributed by atoms with Gasteiger partial charge in [-0.2, -0.15) is 0 Å². The second kappa shape index (κ2) is 22.9. The van der Waals surface area contributed by atoms with Crippen LogP contribution in [0.1, 0.15) is 0 Å². The van der Waals surface area contributed by atoms with E-state index in [0.29, 0.717) is 0 Å². The molecule has 8 heteroatoms. The Kier molecular flexibility index (Phi) is 91.5. The summed E-state index contributed by atoms with van der Waals surface area (Å²) >= 11 is 0. The molecule has 0 bridgehead atoms. The molecule has 0 aliphatic carbocycles. The van der Waals surface area contributed by atoms with Crippen LogP contribution in [0.15, 0.2) is 0 Å². The van der Waals surface area contributed by atoms with Gasteiger partial charge in [-0.05, 0) is 0 Å². The second-order valence-electron chi connectivity index (χ2n) is 0.250. The van der Waals surface area contributed by atoms with E-state index in [1.165, 1.54) is 0 Å². The van der Waals surface area contributed by atoms with Crippen LogP contribution in [0.3, 0.4) is 0 Å². The topological polar surface area (TPSA) is 93.2 Å². The zero-order valence-electron chi connectivity index (χ0n) is 5.17. The average molecular weight is 146 g/mol. The fourth-order valence-electron chi connectivity index (χ4n) is 0. The maximum Gasteiger partial charge on any atom is 1.00 e. The summed E-state index contributed by atoms with van der Waals surface area (Å²) in [6, 6.07) is 0. The fraction of sp³-hybridized carbons (Fsp3) is 0. The van der Waals surface area contributed by atoms with Crippen LogP contribution in [0, 0.1) is 0 Å². The van der Waals surface area contributed by atoms with Gasteiger partial charge in [-0.25, -0.2) is 0 Å². The Morgan fingerprint density at radius 2 is 1.12 bits per heavy atom. The van der Waals surface area contributed by atoms with E-state index in [0.717, 1.165) is 0 Å². The molecule has 0 spiro atoms.